The van der Waals surface area contributed by atoms with E-state index >= 15 is 0 Å². The Hall–Kier alpha value is -1.75. The number of carboxylic acid groups (broad SMARTS) is 1. The van der Waals surface area contributed by atoms with Gasteiger partial charge in [-0.1, -0.05) is 11.6 Å². The molecule has 0 fully saturated rings. The molecule has 0 spiro atoms. The molecule has 19 heavy (non-hydrogen) atoms. The van der Waals surface area contributed by atoms with E-state index in [1.807, 2.05) is 0 Å². The lowest BCUT2D eigenvalue weighted by Gasteiger charge is -2.19. The van der Waals surface area contributed by atoms with Crippen molar-refractivity contribution in [2.75, 3.05) is 0 Å². The number of benzene rings is 1. The van der Waals surface area contributed by atoms with Crippen molar-refractivity contribution in [1.29, 1.82) is 0 Å². The fourth-order valence-electron chi connectivity index (χ4n) is 1.36. The van der Waals surface area contributed by atoms with Crippen molar-refractivity contribution >= 4 is 23.7 Å². The first-order chi connectivity index (χ1) is 8.67. The summed E-state index contributed by atoms with van der Waals surface area (Å²) < 4.78 is 5.07. The summed E-state index contributed by atoms with van der Waals surface area (Å²) in [5.41, 5.74) is 0.0919. The van der Waals surface area contributed by atoms with Crippen LogP contribution in [0.15, 0.2) is 18.2 Å². The van der Waals surface area contributed by atoms with Gasteiger partial charge in [0.2, 0.25) is 0 Å². The summed E-state index contributed by atoms with van der Waals surface area (Å²) in [6.07, 6.45) is -0.565. The number of amides is 1. The van der Waals surface area contributed by atoms with Gasteiger partial charge in [0.25, 0.3) is 0 Å². The molecule has 0 heterocycles. The molecule has 0 aliphatic rings. The summed E-state index contributed by atoms with van der Waals surface area (Å²) >= 11 is 5.81. The number of ether oxygens (including phenoxy) is 1. The molecule has 5 nitrogen and oxygen atoms in total. The standard InChI is InChI=1S/C13H16ClNO4/c1-13(2,3)19-12(18)15-7-8-4-9(11(16)17)6-10(14)5-8/h4-6H,7H2,1-3H3,(H,15,18)(H,16,17). The van der Waals surface area contributed by atoms with Crippen LogP contribution in [0.25, 0.3) is 0 Å². The van der Waals surface area contributed by atoms with E-state index in [2.05, 4.69) is 5.32 Å². The maximum atomic E-state index is 11.5. The van der Waals surface area contributed by atoms with E-state index in [4.69, 9.17) is 21.4 Å². The van der Waals surface area contributed by atoms with Crippen LogP contribution in [0.5, 0.6) is 0 Å². The third-order valence-corrected chi connectivity index (χ3v) is 2.26. The smallest absolute Gasteiger partial charge is 0.407 e. The first kappa shape index (κ1) is 15.3. The van der Waals surface area contributed by atoms with E-state index in [0.717, 1.165) is 0 Å². The fraction of sp³-hybridized carbons (Fsp3) is 0.385. The van der Waals surface area contributed by atoms with E-state index in [0.29, 0.717) is 10.6 Å². The van der Waals surface area contributed by atoms with E-state index in [1.54, 1.807) is 26.8 Å². The van der Waals surface area contributed by atoms with Gasteiger partial charge in [-0.05, 0) is 44.5 Å². The molecule has 0 saturated carbocycles. The molecule has 1 aromatic carbocycles. The normalized spacial score (nSPS) is 10.9. The van der Waals surface area contributed by atoms with Crippen LogP contribution in [-0.4, -0.2) is 22.8 Å². The minimum Gasteiger partial charge on any atom is -0.478 e. The van der Waals surface area contributed by atoms with Gasteiger partial charge >= 0.3 is 12.1 Å². The van der Waals surface area contributed by atoms with Crippen LogP contribution in [0.3, 0.4) is 0 Å². The quantitative estimate of drug-likeness (QED) is 0.895. The Morgan fingerprint density at radius 1 is 1.32 bits per heavy atom. The SMILES string of the molecule is CC(C)(C)OC(=O)NCc1cc(Cl)cc(C(=O)O)c1. The first-order valence-electron chi connectivity index (χ1n) is 5.67. The number of hydrogen-bond donors (Lipinski definition) is 2. The Kier molecular flexibility index (Phi) is 4.78. The van der Waals surface area contributed by atoms with Gasteiger partial charge < -0.3 is 15.2 Å². The van der Waals surface area contributed by atoms with Crippen LogP contribution in [0, 0.1) is 0 Å². The average Bonchev–Trinajstić information content (AvgIpc) is 2.23. The highest BCUT2D eigenvalue weighted by molar-refractivity contribution is 6.31. The average molecular weight is 286 g/mol. The summed E-state index contributed by atoms with van der Waals surface area (Å²) in [6.45, 7) is 5.42. The number of carbonyl (C=O) groups excluding carboxylic acids is 1. The van der Waals surface area contributed by atoms with Crippen molar-refractivity contribution in [1.82, 2.24) is 5.32 Å². The number of alkyl carbamates (subject to hydrolysis) is 1. The molecule has 0 aliphatic carbocycles. The monoisotopic (exact) mass is 285 g/mol. The van der Waals surface area contributed by atoms with Crippen LogP contribution in [0.2, 0.25) is 5.02 Å². The number of hydrogen-bond acceptors (Lipinski definition) is 3. The molecule has 1 rings (SSSR count). The first-order valence-corrected chi connectivity index (χ1v) is 6.05. The van der Waals surface area contributed by atoms with Gasteiger partial charge in [-0.2, -0.15) is 0 Å². The molecule has 0 bridgehead atoms. The second kappa shape index (κ2) is 5.93. The zero-order chi connectivity index (χ0) is 14.6. The Labute approximate surface area is 116 Å². The summed E-state index contributed by atoms with van der Waals surface area (Å²) in [5, 5.41) is 11.7. The molecule has 1 amide bonds. The van der Waals surface area contributed by atoms with Crippen molar-refractivity contribution in [3.05, 3.63) is 34.3 Å². The molecule has 0 radical (unpaired) electrons. The van der Waals surface area contributed by atoms with E-state index in [-0.39, 0.29) is 12.1 Å². The second-order valence-corrected chi connectivity index (χ2v) is 5.45. The van der Waals surface area contributed by atoms with Crippen molar-refractivity contribution in [3.63, 3.8) is 0 Å². The van der Waals surface area contributed by atoms with Crippen LogP contribution in [-0.2, 0) is 11.3 Å². The molecular formula is C13H16ClNO4. The Morgan fingerprint density at radius 2 is 1.95 bits per heavy atom. The molecule has 0 aromatic heterocycles. The van der Waals surface area contributed by atoms with E-state index in [1.165, 1.54) is 12.1 Å². The molecule has 2 N–H and O–H groups in total. The highest BCUT2D eigenvalue weighted by Gasteiger charge is 2.16. The molecule has 0 unspecified atom stereocenters. The van der Waals surface area contributed by atoms with E-state index < -0.39 is 17.7 Å². The third-order valence-electron chi connectivity index (χ3n) is 2.04. The van der Waals surface area contributed by atoms with Crippen LogP contribution in [0.1, 0.15) is 36.7 Å². The minimum absolute atomic E-state index is 0.0773. The zero-order valence-electron chi connectivity index (χ0n) is 11.0. The maximum Gasteiger partial charge on any atom is 0.407 e. The molecule has 0 aliphatic heterocycles. The maximum absolute atomic E-state index is 11.5. The predicted molar refractivity (Wildman–Crippen MR) is 71.5 cm³/mol. The van der Waals surface area contributed by atoms with Crippen LogP contribution in [0.4, 0.5) is 4.79 Å². The van der Waals surface area contributed by atoms with Crippen molar-refractivity contribution in [3.8, 4) is 0 Å². The molecule has 6 heteroatoms. The molecule has 1 aromatic rings. The molecule has 104 valence electrons. The van der Waals surface area contributed by atoms with Gasteiger partial charge in [-0.15, -0.1) is 0 Å². The number of rotatable bonds is 3. The van der Waals surface area contributed by atoms with Crippen LogP contribution >= 0.6 is 11.6 Å². The third kappa shape index (κ3) is 5.61. The van der Waals surface area contributed by atoms with Crippen LogP contribution < -0.4 is 5.32 Å². The summed E-state index contributed by atoms with van der Waals surface area (Å²) in [4.78, 5) is 22.3. The van der Waals surface area contributed by atoms with Gasteiger partial charge in [0.15, 0.2) is 0 Å². The topological polar surface area (TPSA) is 75.6 Å². The van der Waals surface area contributed by atoms with Gasteiger partial charge in [-0.3, -0.25) is 0 Å². The predicted octanol–water partition coefficient (Wildman–Crippen LogP) is 3.06. The lowest BCUT2D eigenvalue weighted by atomic mass is 10.1. The lowest BCUT2D eigenvalue weighted by Crippen LogP contribution is -2.32. The van der Waals surface area contributed by atoms with Crippen molar-refractivity contribution < 1.29 is 19.4 Å². The van der Waals surface area contributed by atoms with Gasteiger partial charge in [0.1, 0.15) is 5.60 Å². The zero-order valence-corrected chi connectivity index (χ0v) is 11.7. The highest BCUT2D eigenvalue weighted by Crippen LogP contribution is 2.15. The Bertz CT molecular complexity index is 494. The molecule has 0 saturated heterocycles. The summed E-state index contributed by atoms with van der Waals surface area (Å²) in [6, 6.07) is 4.39. The summed E-state index contributed by atoms with van der Waals surface area (Å²) in [7, 11) is 0. The number of nitrogens with one attached hydrogen (secondary N) is 1. The fourth-order valence-corrected chi connectivity index (χ4v) is 1.62. The number of halogens is 1. The minimum atomic E-state index is -1.07. The summed E-state index contributed by atoms with van der Waals surface area (Å²) in [5.74, 6) is -1.07. The largest absolute Gasteiger partial charge is 0.478 e. The lowest BCUT2D eigenvalue weighted by molar-refractivity contribution is 0.0523. The highest BCUT2D eigenvalue weighted by atomic mass is 35.5. The number of carbonyl (C=O) groups is 2. The number of aromatic carboxylic acids is 1. The van der Waals surface area contributed by atoms with Gasteiger partial charge in [0, 0.05) is 11.6 Å². The van der Waals surface area contributed by atoms with Gasteiger partial charge in [-0.25, -0.2) is 9.59 Å². The van der Waals surface area contributed by atoms with E-state index in [9.17, 15) is 9.59 Å². The second-order valence-electron chi connectivity index (χ2n) is 5.01. The van der Waals surface area contributed by atoms with Crippen molar-refractivity contribution in [2.24, 2.45) is 0 Å². The van der Waals surface area contributed by atoms with Crippen molar-refractivity contribution in [2.45, 2.75) is 32.9 Å². The Balaban J connectivity index is 2.68. The Morgan fingerprint density at radius 3 is 2.47 bits per heavy atom. The molecule has 0 atom stereocenters. The number of carboxylic acids is 1. The van der Waals surface area contributed by atoms with Gasteiger partial charge in [0.05, 0.1) is 5.56 Å². The molecular weight excluding hydrogens is 270 g/mol.